The van der Waals surface area contributed by atoms with Gasteiger partial charge in [-0.25, -0.2) is 0 Å². The van der Waals surface area contributed by atoms with Gasteiger partial charge in [-0.1, -0.05) is 13.8 Å². The van der Waals surface area contributed by atoms with Crippen molar-refractivity contribution in [3.8, 4) is 0 Å². The second kappa shape index (κ2) is 9.82. The van der Waals surface area contributed by atoms with Crippen LogP contribution < -0.4 is 10.6 Å². The van der Waals surface area contributed by atoms with Crippen LogP contribution in [0.15, 0.2) is 24.3 Å². The first-order chi connectivity index (χ1) is 12.8. The van der Waals surface area contributed by atoms with Crippen LogP contribution in [0.4, 0.5) is 11.4 Å². The molecule has 2 N–H and O–H groups in total. The molecule has 1 aliphatic rings. The lowest BCUT2D eigenvalue weighted by molar-refractivity contribution is -0.130. The van der Waals surface area contributed by atoms with Gasteiger partial charge in [-0.2, -0.15) is 0 Å². The lowest BCUT2D eigenvalue weighted by Gasteiger charge is -2.41. The molecule has 1 aliphatic heterocycles. The third kappa shape index (κ3) is 6.30. The summed E-state index contributed by atoms with van der Waals surface area (Å²) in [4.78, 5) is 26.7. The summed E-state index contributed by atoms with van der Waals surface area (Å²) in [5, 5.41) is 5.72. The zero-order chi connectivity index (χ0) is 20.0. The second-order valence-electron chi connectivity index (χ2n) is 7.45. The molecule has 1 saturated heterocycles. The van der Waals surface area contributed by atoms with Gasteiger partial charge >= 0.3 is 0 Å². The van der Waals surface area contributed by atoms with E-state index >= 15 is 0 Å². The van der Waals surface area contributed by atoms with Gasteiger partial charge < -0.3 is 20.1 Å². The molecular formula is C20H31N3O4. The summed E-state index contributed by atoms with van der Waals surface area (Å²) in [6, 6.07) is 6.85. The molecule has 0 bridgehead atoms. The Hall–Kier alpha value is -1.96. The van der Waals surface area contributed by atoms with Gasteiger partial charge in [0.05, 0.1) is 18.2 Å². The number of benzene rings is 1. The molecule has 150 valence electrons. The minimum Gasteiger partial charge on any atom is -0.375 e. The Morgan fingerprint density at radius 1 is 1.11 bits per heavy atom. The van der Waals surface area contributed by atoms with E-state index in [9.17, 15) is 9.59 Å². The maximum absolute atomic E-state index is 12.9. The Bertz CT molecular complexity index is 623. The van der Waals surface area contributed by atoms with Crippen LogP contribution in [0, 0.1) is 5.92 Å². The first-order valence-corrected chi connectivity index (χ1v) is 9.39. The quantitative estimate of drug-likeness (QED) is 0.762. The molecule has 1 aromatic carbocycles. The minimum atomic E-state index is -0.222. The van der Waals surface area contributed by atoms with E-state index in [4.69, 9.17) is 9.47 Å². The van der Waals surface area contributed by atoms with Crippen LogP contribution in [0.25, 0.3) is 0 Å². The monoisotopic (exact) mass is 377 g/mol. The molecule has 27 heavy (non-hydrogen) atoms. The number of ether oxygens (including phenoxy) is 2. The SMILES string of the molecule is COCC(=O)Nc1ccc(NC(=O)[C@H](C(C)C)N2C[C@@H](C)O[C@@H](C)C2)cc1. The van der Waals surface area contributed by atoms with Crippen LogP contribution in [-0.4, -0.2) is 61.8 Å². The van der Waals surface area contributed by atoms with Gasteiger partial charge in [-0.3, -0.25) is 14.5 Å². The van der Waals surface area contributed by atoms with Gasteiger partial charge in [-0.15, -0.1) is 0 Å². The average molecular weight is 377 g/mol. The fraction of sp³-hybridized carbons (Fsp3) is 0.600. The lowest BCUT2D eigenvalue weighted by atomic mass is 9.99. The number of carbonyl (C=O) groups excluding carboxylic acids is 2. The van der Waals surface area contributed by atoms with E-state index in [1.54, 1.807) is 24.3 Å². The third-order valence-electron chi connectivity index (χ3n) is 4.45. The summed E-state index contributed by atoms with van der Waals surface area (Å²) in [7, 11) is 1.47. The molecule has 0 aliphatic carbocycles. The summed E-state index contributed by atoms with van der Waals surface area (Å²) in [6.07, 6.45) is 0.218. The highest BCUT2D eigenvalue weighted by molar-refractivity contribution is 5.96. The van der Waals surface area contributed by atoms with Crippen molar-refractivity contribution in [2.75, 3.05) is 37.4 Å². The Labute approximate surface area is 161 Å². The molecule has 0 spiro atoms. The van der Waals surface area contributed by atoms with Crippen molar-refractivity contribution in [3.05, 3.63) is 24.3 Å². The number of hydrogen-bond donors (Lipinski definition) is 2. The predicted molar refractivity (Wildman–Crippen MR) is 106 cm³/mol. The molecule has 7 nitrogen and oxygen atoms in total. The fourth-order valence-corrected chi connectivity index (χ4v) is 3.52. The number of morpholine rings is 1. The van der Waals surface area contributed by atoms with Crippen molar-refractivity contribution < 1.29 is 19.1 Å². The van der Waals surface area contributed by atoms with Crippen molar-refractivity contribution in [3.63, 3.8) is 0 Å². The number of hydrogen-bond acceptors (Lipinski definition) is 5. The lowest BCUT2D eigenvalue weighted by Crippen LogP contribution is -2.55. The van der Waals surface area contributed by atoms with Crippen molar-refractivity contribution in [1.29, 1.82) is 0 Å². The van der Waals surface area contributed by atoms with E-state index in [1.807, 2.05) is 13.8 Å². The van der Waals surface area contributed by atoms with Crippen LogP contribution in [0.2, 0.25) is 0 Å². The number of methoxy groups -OCH3 is 1. The van der Waals surface area contributed by atoms with Crippen LogP contribution >= 0.6 is 0 Å². The number of amides is 2. The summed E-state index contributed by atoms with van der Waals surface area (Å²) in [6.45, 7) is 9.68. The van der Waals surface area contributed by atoms with E-state index < -0.39 is 0 Å². The molecule has 0 radical (unpaired) electrons. The molecule has 0 aromatic heterocycles. The Morgan fingerprint density at radius 3 is 2.11 bits per heavy atom. The van der Waals surface area contributed by atoms with Crippen LogP contribution in [0.5, 0.6) is 0 Å². The van der Waals surface area contributed by atoms with Gasteiger partial charge in [0.25, 0.3) is 0 Å². The maximum atomic E-state index is 12.9. The molecule has 3 atom stereocenters. The molecule has 2 amide bonds. The number of rotatable bonds is 7. The molecule has 1 heterocycles. The zero-order valence-electron chi connectivity index (χ0n) is 16.8. The number of carbonyl (C=O) groups is 2. The topological polar surface area (TPSA) is 79.9 Å². The molecule has 2 rings (SSSR count). The number of anilines is 2. The van der Waals surface area contributed by atoms with E-state index in [-0.39, 0.29) is 42.6 Å². The van der Waals surface area contributed by atoms with Crippen molar-refractivity contribution >= 4 is 23.2 Å². The van der Waals surface area contributed by atoms with Gasteiger partial charge in [0.2, 0.25) is 11.8 Å². The molecule has 1 fully saturated rings. The zero-order valence-corrected chi connectivity index (χ0v) is 16.8. The summed E-state index contributed by atoms with van der Waals surface area (Å²) >= 11 is 0. The van der Waals surface area contributed by atoms with Crippen LogP contribution in [-0.2, 0) is 19.1 Å². The number of nitrogens with one attached hydrogen (secondary N) is 2. The highest BCUT2D eigenvalue weighted by Crippen LogP contribution is 2.21. The first kappa shape index (κ1) is 21.3. The summed E-state index contributed by atoms with van der Waals surface area (Å²) < 4.78 is 10.6. The smallest absolute Gasteiger partial charge is 0.250 e. The second-order valence-corrected chi connectivity index (χ2v) is 7.45. The van der Waals surface area contributed by atoms with Gasteiger partial charge in [0.15, 0.2) is 0 Å². The van der Waals surface area contributed by atoms with E-state index in [0.717, 1.165) is 13.1 Å². The molecule has 7 heteroatoms. The summed E-state index contributed by atoms with van der Waals surface area (Å²) in [5.74, 6) is -0.0673. The van der Waals surface area contributed by atoms with Gasteiger partial charge in [0.1, 0.15) is 6.61 Å². The van der Waals surface area contributed by atoms with Gasteiger partial charge in [-0.05, 0) is 44.0 Å². The highest BCUT2D eigenvalue weighted by atomic mass is 16.5. The largest absolute Gasteiger partial charge is 0.375 e. The number of nitrogens with zero attached hydrogens (tertiary/aromatic N) is 1. The van der Waals surface area contributed by atoms with E-state index in [0.29, 0.717) is 11.4 Å². The Balaban J connectivity index is 2.01. The van der Waals surface area contributed by atoms with Crippen LogP contribution in [0.3, 0.4) is 0 Å². The first-order valence-electron chi connectivity index (χ1n) is 9.39. The van der Waals surface area contributed by atoms with Crippen molar-refractivity contribution in [1.82, 2.24) is 4.90 Å². The minimum absolute atomic E-state index is 0.00491. The molecule has 1 aromatic rings. The molecule has 0 unspecified atom stereocenters. The maximum Gasteiger partial charge on any atom is 0.250 e. The Morgan fingerprint density at radius 2 is 1.63 bits per heavy atom. The fourth-order valence-electron chi connectivity index (χ4n) is 3.52. The predicted octanol–water partition coefficient (Wildman–Crippen LogP) is 2.34. The normalized spacial score (nSPS) is 21.7. The standard InChI is InChI=1S/C20H31N3O4/c1-13(2)19(23-10-14(3)27-15(4)11-23)20(25)22-17-8-6-16(7-9-17)21-18(24)12-26-5/h6-9,13-15,19H,10-12H2,1-5H3,(H,21,24)(H,22,25)/t14-,15+,19-/m0/s1. The average Bonchev–Trinajstić information content (AvgIpc) is 2.55. The molecular weight excluding hydrogens is 346 g/mol. The highest BCUT2D eigenvalue weighted by Gasteiger charge is 2.34. The van der Waals surface area contributed by atoms with Crippen LogP contribution in [0.1, 0.15) is 27.7 Å². The Kier molecular flexibility index (Phi) is 7.77. The van der Waals surface area contributed by atoms with E-state index in [1.165, 1.54) is 7.11 Å². The third-order valence-corrected chi connectivity index (χ3v) is 4.45. The molecule has 0 saturated carbocycles. The van der Waals surface area contributed by atoms with E-state index in [2.05, 4.69) is 29.4 Å². The summed E-state index contributed by atoms with van der Waals surface area (Å²) in [5.41, 5.74) is 1.36. The van der Waals surface area contributed by atoms with Crippen molar-refractivity contribution in [2.45, 2.75) is 45.9 Å². The van der Waals surface area contributed by atoms with Gasteiger partial charge in [0, 0.05) is 31.6 Å². The van der Waals surface area contributed by atoms with Crippen molar-refractivity contribution in [2.24, 2.45) is 5.92 Å².